The van der Waals surface area contributed by atoms with Crippen molar-refractivity contribution >= 4 is 0 Å². The van der Waals surface area contributed by atoms with Gasteiger partial charge in [0.2, 0.25) is 0 Å². The van der Waals surface area contributed by atoms with Gasteiger partial charge in [-0.2, -0.15) is 0 Å². The third kappa shape index (κ3) is 1740. The van der Waals surface area contributed by atoms with Crippen molar-refractivity contribution in [1.82, 2.24) is 0 Å². The molecule has 0 aromatic rings. The van der Waals surface area contributed by atoms with Crippen molar-refractivity contribution in [1.29, 1.82) is 0 Å². The van der Waals surface area contributed by atoms with E-state index in [0.29, 0.717) is 0 Å². The van der Waals surface area contributed by atoms with Crippen LogP contribution in [0.15, 0.2) is 0 Å². The molecule has 0 bridgehead atoms. The minimum Gasteiger partial charge on any atom is -2.00 e. The Labute approximate surface area is 92.2 Å². The fraction of sp³-hybridized carbons (Fsp3) is 0. The summed E-state index contributed by atoms with van der Waals surface area (Å²) >= 11 is 0. The summed E-state index contributed by atoms with van der Waals surface area (Å²) in [5.41, 5.74) is 0. The van der Waals surface area contributed by atoms with Crippen molar-refractivity contribution in [2.24, 2.45) is 0 Å². The Balaban J connectivity index is 0. The normalized spacial score (nSPS) is 0. The number of hydrogen-bond acceptors (Lipinski definition) is 0. The van der Waals surface area contributed by atoms with Crippen LogP contribution in [0.25, 0.3) is 0 Å². The van der Waals surface area contributed by atoms with Gasteiger partial charge in [0.1, 0.15) is 0 Å². The van der Waals surface area contributed by atoms with Crippen LogP contribution < -0.4 is 0 Å². The van der Waals surface area contributed by atoms with Gasteiger partial charge in [-0.15, -0.1) is 0 Å². The van der Waals surface area contributed by atoms with Gasteiger partial charge in [0.25, 0.3) is 0 Å². The average molecular weight is 272 g/mol. The zero-order valence-corrected chi connectivity index (χ0v) is 8.23. The second-order valence-corrected chi connectivity index (χ2v) is 0. The summed E-state index contributed by atoms with van der Waals surface area (Å²) in [5, 5.41) is 0. The van der Waals surface area contributed by atoms with Gasteiger partial charge in [-0.25, -0.2) is 0 Å². The van der Waals surface area contributed by atoms with Crippen molar-refractivity contribution in [2.45, 2.75) is 0 Å². The Morgan fingerprint density at radius 1 is 0.250 bits per heavy atom. The molecule has 0 spiro atoms. The van der Waals surface area contributed by atoms with Crippen LogP contribution >= 0.6 is 0 Å². The summed E-state index contributed by atoms with van der Waals surface area (Å²) in [6.45, 7) is 0. The Kier molecular flexibility index (Phi) is 576000. The fourth-order valence-corrected chi connectivity index (χ4v) is 0. The first-order chi connectivity index (χ1) is 0. The minimum atomic E-state index is 0. The Morgan fingerprint density at radius 2 is 0.250 bits per heavy atom. The molecule has 90 valence electrons. The van der Waals surface area contributed by atoms with Crippen LogP contribution in [-0.2, 0) is 64.5 Å². The summed E-state index contributed by atoms with van der Waals surface area (Å²) in [6.07, 6.45) is 0. The molecule has 10 N–H and O–H groups in total. The van der Waals surface area contributed by atoms with Gasteiger partial charge in [0, 0.05) is 37.1 Å². The molecule has 0 atom stereocenters. The molecule has 0 fully saturated rings. The monoisotopic (exact) mass is 272 g/mol. The van der Waals surface area contributed by atoms with Gasteiger partial charge >= 0.3 is 0 Å². The van der Waals surface area contributed by atoms with E-state index in [0.717, 1.165) is 0 Å². The number of rotatable bonds is 0. The van der Waals surface area contributed by atoms with Gasteiger partial charge in [0.05, 0.1) is 0 Å². The van der Waals surface area contributed by atoms with Crippen molar-refractivity contribution in [3.8, 4) is 0 Å². The maximum Gasteiger partial charge on any atom is 0 e. The molecule has 0 amide bonds. The largest absolute Gasteiger partial charge is 2.00 e. The molecule has 0 rings (SSSR count). The van der Waals surface area contributed by atoms with Gasteiger partial charge in [-0.1, -0.05) is 0 Å². The predicted octanol–water partition coefficient (Wildman–Crippen LogP) is -4.72. The third-order valence-corrected chi connectivity index (χ3v) is 0. The fourth-order valence-electron chi connectivity index (χ4n) is 0. The van der Waals surface area contributed by atoms with Gasteiger partial charge < -0.3 is 54.8 Å². The zero-order chi connectivity index (χ0) is 0. The number of hydrogen-bond donors (Lipinski definition) is 0. The molecule has 12 heavy (non-hydrogen) atoms. The minimum absolute atomic E-state index is 0. The van der Waals surface area contributed by atoms with Crippen LogP contribution in [0.2, 0.25) is 0 Å². The van der Waals surface area contributed by atoms with E-state index in [-0.39, 0.29) is 91.9 Å². The maximum absolute atomic E-state index is 0. The van der Waals surface area contributed by atoms with E-state index in [1.807, 2.05) is 0 Å². The average Bonchev–Trinajstić information content (AvgIpc) is 0. The molecule has 0 unspecified atom stereocenters. The van der Waals surface area contributed by atoms with Crippen LogP contribution in [0.4, 0.5) is 0 Å². The van der Waals surface area contributed by atoms with E-state index in [1.165, 1.54) is 0 Å². The summed E-state index contributed by atoms with van der Waals surface area (Å²) in [6, 6.07) is 0. The molecular weight excluding hydrogens is 262 g/mol. The van der Waals surface area contributed by atoms with Gasteiger partial charge in [-0.3, -0.25) is 0 Å². The first kappa shape index (κ1) is 2990. The molecule has 0 aliphatic carbocycles. The summed E-state index contributed by atoms with van der Waals surface area (Å²) in [7, 11) is 0. The second-order valence-electron chi connectivity index (χ2n) is 0. The van der Waals surface area contributed by atoms with E-state index in [4.69, 9.17) is 0 Å². The van der Waals surface area contributed by atoms with Crippen molar-refractivity contribution in [2.75, 3.05) is 0 Å². The molecule has 0 aromatic heterocycles. The summed E-state index contributed by atoms with van der Waals surface area (Å²) in [5.74, 6) is 0. The summed E-state index contributed by atoms with van der Waals surface area (Å²) < 4.78 is 0. The van der Waals surface area contributed by atoms with Gasteiger partial charge in [0.15, 0.2) is 0 Å². The van der Waals surface area contributed by atoms with Crippen LogP contribution in [0.1, 0.15) is 0 Å². The molecule has 0 aliphatic rings. The quantitative estimate of drug-likeness (QED) is 0.400. The molecule has 2 radical (unpaired) electrons. The van der Waals surface area contributed by atoms with E-state index in [9.17, 15) is 0 Å². The second kappa shape index (κ2) is 2310. The summed E-state index contributed by atoms with van der Waals surface area (Å²) in [4.78, 5) is 0. The Bertz CT molecular complexity index is 7.80. The standard InChI is InChI=1S/5H2O.5O.2V/h5*1H2;;;;;;;/q;;;;;5*-2;;. The molecule has 0 saturated heterocycles. The smallest absolute Gasteiger partial charge is 0 e. The van der Waals surface area contributed by atoms with E-state index in [2.05, 4.69) is 0 Å². The molecule has 0 saturated carbocycles. The maximum atomic E-state index is 0. The molecular formula is H10O10V2-10. The molecule has 10 nitrogen and oxygen atoms in total. The van der Waals surface area contributed by atoms with Crippen molar-refractivity contribution in [3.63, 3.8) is 0 Å². The Morgan fingerprint density at radius 3 is 0.250 bits per heavy atom. The van der Waals surface area contributed by atoms with Crippen LogP contribution in [0.3, 0.4) is 0 Å². The van der Waals surface area contributed by atoms with Crippen LogP contribution in [0.5, 0.6) is 0 Å². The topological polar surface area (TPSA) is 300 Å². The SMILES string of the molecule is O.O.O.O.O.[O-2].[O-2].[O-2].[O-2].[O-2].[V].[V]. The van der Waals surface area contributed by atoms with E-state index < -0.39 is 0 Å². The van der Waals surface area contributed by atoms with Crippen LogP contribution in [-0.4, -0.2) is 27.4 Å². The van der Waals surface area contributed by atoms with E-state index in [1.54, 1.807) is 0 Å². The van der Waals surface area contributed by atoms with E-state index >= 15 is 0 Å². The van der Waals surface area contributed by atoms with Crippen molar-refractivity contribution in [3.05, 3.63) is 0 Å². The first-order valence-corrected chi connectivity index (χ1v) is 0. The zero-order valence-electron chi connectivity index (χ0n) is 5.44. The molecule has 0 aliphatic heterocycles. The Hall–Kier alpha value is 0.769. The predicted molar refractivity (Wildman–Crippen MR) is 21.5 cm³/mol. The third-order valence-electron chi connectivity index (χ3n) is 0. The molecule has 0 heterocycles. The van der Waals surface area contributed by atoms with Crippen LogP contribution in [0, 0.1) is 0 Å². The van der Waals surface area contributed by atoms with Gasteiger partial charge in [-0.05, 0) is 0 Å². The molecule has 0 aromatic carbocycles. The van der Waals surface area contributed by atoms with Crippen molar-refractivity contribution < 1.29 is 91.9 Å². The first-order valence-electron chi connectivity index (χ1n) is 0. The molecule has 12 heteroatoms.